The average molecular weight is 417 g/mol. The molecule has 7 nitrogen and oxygen atoms in total. The fourth-order valence-corrected chi connectivity index (χ4v) is 3.77. The van der Waals surface area contributed by atoms with E-state index in [0.29, 0.717) is 0 Å². The fourth-order valence-electron chi connectivity index (χ4n) is 2.06. The zero-order valence-corrected chi connectivity index (χ0v) is 21.5. The number of carboxylic acids is 2. The topological polar surface area (TPSA) is 109 Å². The standard InChI is InChI=1S/C13H21N3S2.C2H2O4.2Na/c1-3-4-5-9-17-13-12(14-18-15-13)11-7-6-8-16(2)10-11;3-1(4)2(5)6;;/h7H,3-6,8-10H2,1-2H3;(H,3,4)(H,5,6);;/q;;2*+1/p-2. The van der Waals surface area contributed by atoms with Crippen molar-refractivity contribution in [2.45, 2.75) is 37.6 Å². The van der Waals surface area contributed by atoms with E-state index in [9.17, 15) is 0 Å². The summed E-state index contributed by atoms with van der Waals surface area (Å²) in [5, 5.41) is 19.0. The van der Waals surface area contributed by atoms with E-state index in [2.05, 4.69) is 33.7 Å². The minimum absolute atomic E-state index is 0. The largest absolute Gasteiger partial charge is 1.00 e. The minimum atomic E-state index is -2.19. The van der Waals surface area contributed by atoms with Crippen molar-refractivity contribution in [3.63, 3.8) is 0 Å². The number of carboxylic acid groups (broad SMARTS) is 2. The number of aliphatic carboxylic acids is 2. The van der Waals surface area contributed by atoms with Gasteiger partial charge < -0.3 is 24.7 Å². The molecule has 2 rings (SSSR count). The molecule has 0 atom stereocenters. The van der Waals surface area contributed by atoms with Gasteiger partial charge in [0, 0.05) is 13.1 Å². The maximum absolute atomic E-state index is 8.93. The van der Waals surface area contributed by atoms with Gasteiger partial charge in [-0.25, -0.2) is 0 Å². The summed E-state index contributed by atoms with van der Waals surface area (Å²) in [5.74, 6) is -3.21. The minimum Gasteiger partial charge on any atom is -0.543 e. The van der Waals surface area contributed by atoms with Gasteiger partial charge >= 0.3 is 59.1 Å². The van der Waals surface area contributed by atoms with Gasteiger partial charge in [-0.1, -0.05) is 25.8 Å². The van der Waals surface area contributed by atoms with Gasteiger partial charge in [0.1, 0.15) is 10.7 Å². The van der Waals surface area contributed by atoms with Crippen molar-refractivity contribution in [3.05, 3.63) is 11.8 Å². The summed E-state index contributed by atoms with van der Waals surface area (Å²) in [6, 6.07) is 0. The first kappa shape index (κ1) is 28.8. The van der Waals surface area contributed by atoms with E-state index < -0.39 is 11.9 Å². The molecule has 0 saturated heterocycles. The molecule has 1 aliphatic heterocycles. The van der Waals surface area contributed by atoms with Gasteiger partial charge in [0.2, 0.25) is 0 Å². The van der Waals surface area contributed by atoms with Crippen LogP contribution in [0.2, 0.25) is 0 Å². The molecule has 1 aromatic rings. The quantitative estimate of drug-likeness (QED) is 0.195. The maximum Gasteiger partial charge on any atom is 1.00 e. The van der Waals surface area contributed by atoms with Gasteiger partial charge in [0.15, 0.2) is 0 Å². The number of hydrogen-bond donors (Lipinski definition) is 0. The number of hydrogen-bond acceptors (Lipinski definition) is 9. The first-order chi connectivity index (χ1) is 11.5. The van der Waals surface area contributed by atoms with Crippen LogP contribution in [0.15, 0.2) is 11.1 Å². The van der Waals surface area contributed by atoms with Gasteiger partial charge in [0.05, 0.1) is 23.7 Å². The number of carbonyl (C=O) groups excluding carboxylic acids is 2. The molecule has 2 heterocycles. The third kappa shape index (κ3) is 11.4. The second-order valence-corrected chi connectivity index (χ2v) is 6.92. The van der Waals surface area contributed by atoms with Crippen LogP contribution in [0.3, 0.4) is 0 Å². The molecular weight excluding hydrogens is 396 g/mol. The van der Waals surface area contributed by atoms with Crippen LogP contribution in [0, 0.1) is 0 Å². The van der Waals surface area contributed by atoms with Crippen molar-refractivity contribution >= 4 is 41.0 Å². The molecule has 0 aliphatic carbocycles. The molecule has 0 bridgehead atoms. The summed E-state index contributed by atoms with van der Waals surface area (Å²) in [6.45, 7) is 4.40. The number of rotatable bonds is 6. The van der Waals surface area contributed by atoms with Gasteiger partial charge in [-0.2, -0.15) is 8.75 Å². The number of aromatic nitrogens is 2. The Bertz CT molecular complexity index is 573. The second-order valence-electron chi connectivity index (χ2n) is 5.30. The number of thioether (sulfide) groups is 1. The van der Waals surface area contributed by atoms with Crippen molar-refractivity contribution in [1.29, 1.82) is 0 Å². The summed E-state index contributed by atoms with van der Waals surface area (Å²) in [6.07, 6.45) is 7.32. The average Bonchev–Trinajstić information content (AvgIpc) is 3.00. The molecule has 0 fully saturated rings. The molecule has 1 aromatic heterocycles. The molecule has 1 aliphatic rings. The summed E-state index contributed by atoms with van der Waals surface area (Å²) < 4.78 is 8.94. The Balaban J connectivity index is 0. The molecule has 0 spiro atoms. The van der Waals surface area contributed by atoms with Crippen LogP contribution in [0.5, 0.6) is 0 Å². The summed E-state index contributed by atoms with van der Waals surface area (Å²) >= 11 is 3.21. The van der Waals surface area contributed by atoms with Gasteiger partial charge in [0.25, 0.3) is 0 Å². The van der Waals surface area contributed by atoms with E-state index in [-0.39, 0.29) is 59.1 Å². The predicted octanol–water partition coefficient (Wildman–Crippen LogP) is -5.97. The molecule has 0 unspecified atom stereocenters. The SMILES string of the molecule is CCCCCSc1nsnc1C1=CCCN(C)C1.O=C([O-])C(=O)[O-].[Na+].[Na+]. The zero-order valence-electron chi connectivity index (χ0n) is 15.8. The normalized spacial score (nSPS) is 13.4. The first-order valence-corrected chi connectivity index (χ1v) is 9.42. The smallest absolute Gasteiger partial charge is 0.543 e. The third-order valence-electron chi connectivity index (χ3n) is 3.26. The number of unbranched alkanes of at least 4 members (excludes halogenated alkanes) is 2. The molecule has 134 valence electrons. The zero-order chi connectivity index (χ0) is 17.9. The van der Waals surface area contributed by atoms with Crippen LogP contribution >= 0.6 is 23.5 Å². The summed E-state index contributed by atoms with van der Waals surface area (Å²) in [4.78, 5) is 20.2. The van der Waals surface area contributed by atoms with E-state index in [0.717, 1.165) is 36.0 Å². The Labute approximate surface area is 206 Å². The number of likely N-dealkylation sites (N-methyl/N-ethyl adjacent to an activating group) is 1. The molecule has 26 heavy (non-hydrogen) atoms. The van der Waals surface area contributed by atoms with Gasteiger partial charge in [-0.05, 0) is 31.2 Å². The predicted molar refractivity (Wildman–Crippen MR) is 90.3 cm³/mol. The van der Waals surface area contributed by atoms with Crippen molar-refractivity contribution in [2.24, 2.45) is 0 Å². The molecule has 0 radical (unpaired) electrons. The molecule has 0 N–H and O–H groups in total. The van der Waals surface area contributed by atoms with E-state index in [1.165, 1.54) is 36.6 Å². The van der Waals surface area contributed by atoms with Gasteiger partial charge in [-0.3, -0.25) is 0 Å². The Kier molecular flexibility index (Phi) is 18.2. The van der Waals surface area contributed by atoms with Crippen LogP contribution in [0.4, 0.5) is 0 Å². The number of carbonyl (C=O) groups is 2. The third-order valence-corrected chi connectivity index (χ3v) is 4.95. The Morgan fingerprint density at radius 3 is 2.42 bits per heavy atom. The van der Waals surface area contributed by atoms with Crippen LogP contribution in [0.1, 0.15) is 38.3 Å². The molecule has 0 amide bonds. The van der Waals surface area contributed by atoms with Crippen molar-refractivity contribution < 1.29 is 78.9 Å². The van der Waals surface area contributed by atoms with Gasteiger partial charge in [-0.15, -0.1) is 11.8 Å². The van der Waals surface area contributed by atoms with E-state index in [1.807, 2.05) is 11.8 Å². The monoisotopic (exact) mass is 417 g/mol. The Morgan fingerprint density at radius 2 is 1.88 bits per heavy atom. The maximum atomic E-state index is 8.93. The Hall–Kier alpha value is 0.550. The van der Waals surface area contributed by atoms with Crippen LogP contribution in [-0.2, 0) is 9.59 Å². The molecule has 0 saturated carbocycles. The van der Waals surface area contributed by atoms with E-state index in [1.54, 1.807) is 0 Å². The van der Waals surface area contributed by atoms with Crippen molar-refractivity contribution in [2.75, 3.05) is 25.9 Å². The van der Waals surface area contributed by atoms with Crippen molar-refractivity contribution in [1.82, 2.24) is 13.6 Å². The van der Waals surface area contributed by atoms with E-state index in [4.69, 9.17) is 19.8 Å². The van der Waals surface area contributed by atoms with E-state index >= 15 is 0 Å². The van der Waals surface area contributed by atoms with Crippen LogP contribution in [0.25, 0.3) is 5.57 Å². The first-order valence-electron chi connectivity index (χ1n) is 7.71. The van der Waals surface area contributed by atoms with Crippen LogP contribution in [-0.4, -0.2) is 51.5 Å². The summed E-state index contributed by atoms with van der Waals surface area (Å²) in [7, 11) is 2.17. The fraction of sp³-hybridized carbons (Fsp3) is 0.600. The Morgan fingerprint density at radius 1 is 1.23 bits per heavy atom. The second kappa shape index (κ2) is 16.5. The summed E-state index contributed by atoms with van der Waals surface area (Å²) in [5.41, 5.74) is 2.49. The molecule has 11 heteroatoms. The van der Waals surface area contributed by atoms with Crippen LogP contribution < -0.4 is 69.3 Å². The van der Waals surface area contributed by atoms with Crippen molar-refractivity contribution in [3.8, 4) is 0 Å². The molecule has 0 aromatic carbocycles. The molecular formula is C15H21N3Na2O4S2. The number of nitrogens with zero attached hydrogens (tertiary/aromatic N) is 3.